The molecular formula is C15H6BrNO3S. The molecule has 1 aliphatic rings. The third kappa shape index (κ3) is 1.83. The predicted molar refractivity (Wildman–Crippen MR) is 80.8 cm³/mol. The lowest BCUT2D eigenvalue weighted by Gasteiger charge is -2.11. The van der Waals surface area contributed by atoms with Crippen LogP contribution in [0.5, 0.6) is 0 Å². The van der Waals surface area contributed by atoms with Crippen molar-refractivity contribution in [3.63, 3.8) is 0 Å². The number of carbonyl (C=O) groups excluding carboxylic acids is 2. The van der Waals surface area contributed by atoms with Gasteiger partial charge in [-0.25, -0.2) is 4.98 Å². The van der Waals surface area contributed by atoms with E-state index in [0.717, 1.165) is 0 Å². The number of rotatable bonds is 1. The number of benzene rings is 1. The Morgan fingerprint density at radius 3 is 2.38 bits per heavy atom. The molecule has 0 bridgehead atoms. The van der Waals surface area contributed by atoms with Crippen molar-refractivity contribution >= 4 is 38.8 Å². The van der Waals surface area contributed by atoms with Gasteiger partial charge in [0.05, 0.1) is 0 Å². The summed E-state index contributed by atoms with van der Waals surface area (Å²) in [5.74, 6) is 0.161. The minimum absolute atomic E-state index is 0.158. The molecule has 2 heterocycles. The summed E-state index contributed by atoms with van der Waals surface area (Å²) in [6.07, 6.45) is 0. The number of ketones is 2. The molecule has 0 fully saturated rings. The molecule has 0 radical (unpaired) electrons. The highest BCUT2D eigenvalue weighted by Crippen LogP contribution is 2.36. The molecule has 0 amide bonds. The highest BCUT2D eigenvalue weighted by atomic mass is 79.9. The van der Waals surface area contributed by atoms with Gasteiger partial charge in [0.25, 0.3) is 0 Å². The van der Waals surface area contributed by atoms with Crippen LogP contribution in [-0.2, 0) is 0 Å². The molecule has 0 unspecified atom stereocenters. The summed E-state index contributed by atoms with van der Waals surface area (Å²) >= 11 is 4.41. The Kier molecular flexibility index (Phi) is 2.70. The zero-order valence-electron chi connectivity index (χ0n) is 10.4. The standard InChI is InChI=1S/C15H6BrNO3S/c16-10-6-5-9(20-10)15-17-11-12(18)7-3-1-2-4-8(7)13(19)14(11)21-15/h1-6H. The van der Waals surface area contributed by atoms with E-state index in [1.165, 1.54) is 11.3 Å². The Bertz CT molecular complexity index is 857. The number of carbonyl (C=O) groups is 2. The Hall–Kier alpha value is -2.05. The van der Waals surface area contributed by atoms with Crippen LogP contribution in [0.25, 0.3) is 10.8 Å². The van der Waals surface area contributed by atoms with Crippen LogP contribution in [0.3, 0.4) is 0 Å². The number of nitrogens with zero attached hydrogens (tertiary/aromatic N) is 1. The number of halogens is 1. The quantitative estimate of drug-likeness (QED) is 0.516. The third-order valence-electron chi connectivity index (χ3n) is 3.25. The van der Waals surface area contributed by atoms with Gasteiger partial charge in [-0.2, -0.15) is 0 Å². The summed E-state index contributed by atoms with van der Waals surface area (Å²) < 4.78 is 6.01. The Balaban J connectivity index is 1.91. The number of thiazole rings is 1. The van der Waals surface area contributed by atoms with E-state index in [2.05, 4.69) is 20.9 Å². The first kappa shape index (κ1) is 12.7. The second kappa shape index (κ2) is 4.47. The van der Waals surface area contributed by atoms with Gasteiger partial charge >= 0.3 is 0 Å². The highest BCUT2D eigenvalue weighted by molar-refractivity contribution is 9.10. The van der Waals surface area contributed by atoms with Gasteiger partial charge in [-0.3, -0.25) is 9.59 Å². The second-order valence-corrected chi connectivity index (χ2v) is 6.28. The fraction of sp³-hybridized carbons (Fsp3) is 0. The van der Waals surface area contributed by atoms with Crippen molar-refractivity contribution in [3.05, 3.63) is 62.8 Å². The minimum atomic E-state index is -0.215. The first-order valence-corrected chi connectivity index (χ1v) is 7.71. The summed E-state index contributed by atoms with van der Waals surface area (Å²) in [5, 5.41) is 0.528. The maximum absolute atomic E-state index is 12.5. The monoisotopic (exact) mass is 359 g/mol. The molecule has 3 aromatic rings. The zero-order valence-corrected chi connectivity index (χ0v) is 12.8. The molecule has 6 heteroatoms. The van der Waals surface area contributed by atoms with Gasteiger partial charge in [-0.1, -0.05) is 24.3 Å². The van der Waals surface area contributed by atoms with Crippen molar-refractivity contribution in [3.8, 4) is 10.8 Å². The number of aromatic nitrogens is 1. The molecule has 2 aromatic heterocycles. The van der Waals surface area contributed by atoms with Gasteiger partial charge in [0, 0.05) is 11.1 Å². The molecule has 0 N–H and O–H groups in total. The molecule has 21 heavy (non-hydrogen) atoms. The third-order valence-corrected chi connectivity index (χ3v) is 4.74. The topological polar surface area (TPSA) is 60.2 Å². The normalized spacial score (nSPS) is 13.2. The maximum Gasteiger partial charge on any atom is 0.213 e. The fourth-order valence-corrected chi connectivity index (χ4v) is 3.58. The van der Waals surface area contributed by atoms with Gasteiger partial charge < -0.3 is 4.42 Å². The lowest BCUT2D eigenvalue weighted by molar-refractivity contribution is 0.0979. The van der Waals surface area contributed by atoms with Crippen LogP contribution in [0.4, 0.5) is 0 Å². The van der Waals surface area contributed by atoms with E-state index in [0.29, 0.717) is 31.4 Å². The molecule has 0 saturated heterocycles. The van der Waals surface area contributed by atoms with Gasteiger partial charge in [0.1, 0.15) is 10.6 Å². The summed E-state index contributed by atoms with van der Waals surface area (Å²) in [4.78, 5) is 29.6. The van der Waals surface area contributed by atoms with Crippen molar-refractivity contribution in [1.29, 1.82) is 0 Å². The van der Waals surface area contributed by atoms with Crippen LogP contribution in [0.15, 0.2) is 45.5 Å². The predicted octanol–water partition coefficient (Wildman–Crippen LogP) is 3.94. The molecule has 0 aliphatic heterocycles. The van der Waals surface area contributed by atoms with Gasteiger partial charge in [-0.05, 0) is 28.1 Å². The number of fused-ring (bicyclic) bond motifs is 2. The average molecular weight is 360 g/mol. The second-order valence-electron chi connectivity index (χ2n) is 4.50. The Labute approximate surface area is 131 Å². The van der Waals surface area contributed by atoms with Crippen molar-refractivity contribution in [2.24, 2.45) is 0 Å². The zero-order chi connectivity index (χ0) is 14.6. The van der Waals surface area contributed by atoms with Gasteiger partial charge in [0.2, 0.25) is 11.6 Å². The highest BCUT2D eigenvalue weighted by Gasteiger charge is 2.33. The van der Waals surface area contributed by atoms with E-state index in [1.54, 1.807) is 36.4 Å². The van der Waals surface area contributed by atoms with Crippen LogP contribution in [-0.4, -0.2) is 16.6 Å². The van der Waals surface area contributed by atoms with Crippen LogP contribution in [0, 0.1) is 0 Å². The van der Waals surface area contributed by atoms with E-state index >= 15 is 0 Å². The van der Waals surface area contributed by atoms with Crippen LogP contribution in [0.1, 0.15) is 31.3 Å². The average Bonchev–Trinajstić information content (AvgIpc) is 3.11. The van der Waals surface area contributed by atoms with E-state index in [9.17, 15) is 9.59 Å². The van der Waals surface area contributed by atoms with Crippen LogP contribution in [0.2, 0.25) is 0 Å². The minimum Gasteiger partial charge on any atom is -0.447 e. The lowest BCUT2D eigenvalue weighted by Crippen LogP contribution is -2.19. The summed E-state index contributed by atoms with van der Waals surface area (Å²) in [6, 6.07) is 10.3. The number of furan rings is 1. The van der Waals surface area contributed by atoms with Gasteiger partial charge in [0.15, 0.2) is 15.4 Å². The molecule has 4 rings (SSSR count). The van der Waals surface area contributed by atoms with Crippen molar-refractivity contribution in [2.75, 3.05) is 0 Å². The van der Waals surface area contributed by atoms with Crippen molar-refractivity contribution in [2.45, 2.75) is 0 Å². The number of hydrogen-bond acceptors (Lipinski definition) is 5. The first-order valence-electron chi connectivity index (χ1n) is 6.10. The van der Waals surface area contributed by atoms with Crippen molar-refractivity contribution < 1.29 is 14.0 Å². The smallest absolute Gasteiger partial charge is 0.213 e. The number of hydrogen-bond donors (Lipinski definition) is 0. The SMILES string of the molecule is O=C1c2ccccc2C(=O)c2sc(-c3ccc(Br)o3)nc21. The fourth-order valence-electron chi connectivity index (χ4n) is 2.29. The van der Waals surface area contributed by atoms with Crippen molar-refractivity contribution in [1.82, 2.24) is 4.98 Å². The molecule has 0 spiro atoms. The molecular weight excluding hydrogens is 354 g/mol. The van der Waals surface area contributed by atoms with E-state index < -0.39 is 0 Å². The van der Waals surface area contributed by atoms with Crippen LogP contribution >= 0.6 is 27.3 Å². The lowest BCUT2D eigenvalue weighted by atomic mass is 9.91. The molecule has 102 valence electrons. The van der Waals surface area contributed by atoms with E-state index in [4.69, 9.17) is 4.42 Å². The summed E-state index contributed by atoms with van der Waals surface area (Å²) in [7, 11) is 0. The largest absolute Gasteiger partial charge is 0.447 e. The Morgan fingerprint density at radius 1 is 1.00 bits per heavy atom. The Morgan fingerprint density at radius 2 is 1.71 bits per heavy atom. The molecule has 1 aromatic carbocycles. The van der Waals surface area contributed by atoms with Crippen LogP contribution < -0.4 is 0 Å². The molecule has 0 atom stereocenters. The molecule has 0 saturated carbocycles. The first-order chi connectivity index (χ1) is 10.1. The maximum atomic E-state index is 12.5. The molecule has 4 nitrogen and oxygen atoms in total. The summed E-state index contributed by atoms with van der Waals surface area (Å²) in [6.45, 7) is 0. The van der Waals surface area contributed by atoms with E-state index in [-0.39, 0.29) is 17.3 Å². The van der Waals surface area contributed by atoms with Gasteiger partial charge in [-0.15, -0.1) is 11.3 Å². The molecule has 1 aliphatic carbocycles. The van der Waals surface area contributed by atoms with E-state index in [1.807, 2.05) is 0 Å². The summed E-state index contributed by atoms with van der Waals surface area (Å²) in [5.41, 5.74) is 1.06.